The number of rotatable bonds is 6. The molecule has 3 nitrogen and oxygen atoms in total. The van der Waals surface area contributed by atoms with Gasteiger partial charge in [0.15, 0.2) is 0 Å². The van der Waals surface area contributed by atoms with Gasteiger partial charge in [-0.1, -0.05) is 25.1 Å². The zero-order valence-electron chi connectivity index (χ0n) is 11.8. The van der Waals surface area contributed by atoms with Crippen LogP contribution in [0.3, 0.4) is 0 Å². The first-order chi connectivity index (χ1) is 10.2. The quantitative estimate of drug-likeness (QED) is 0.441. The molecule has 0 saturated carbocycles. The van der Waals surface area contributed by atoms with Crippen LogP contribution in [-0.4, -0.2) is 6.61 Å². The molecular formula is C16H18FIN2O. The third kappa shape index (κ3) is 4.15. The number of nitrogens with two attached hydrogens (primary N) is 1. The van der Waals surface area contributed by atoms with E-state index >= 15 is 0 Å². The van der Waals surface area contributed by atoms with Gasteiger partial charge in [0.2, 0.25) is 0 Å². The Balaban J connectivity index is 2.24. The Bertz CT molecular complexity index is 589. The monoisotopic (exact) mass is 400 g/mol. The van der Waals surface area contributed by atoms with Crippen molar-refractivity contribution in [2.75, 3.05) is 6.61 Å². The number of nitrogens with one attached hydrogen (secondary N) is 1. The minimum atomic E-state index is -0.248. The van der Waals surface area contributed by atoms with Crippen LogP contribution in [0.15, 0.2) is 42.5 Å². The van der Waals surface area contributed by atoms with E-state index in [0.29, 0.717) is 6.61 Å². The first-order valence-electron chi connectivity index (χ1n) is 6.79. The summed E-state index contributed by atoms with van der Waals surface area (Å²) in [4.78, 5) is 0. The molecular weight excluding hydrogens is 382 g/mol. The average molecular weight is 400 g/mol. The maximum atomic E-state index is 13.2. The SMILES string of the molecule is CCCOc1ccc(C(NN)c2ccc(F)cc2I)cc1. The molecule has 1 unspecified atom stereocenters. The summed E-state index contributed by atoms with van der Waals surface area (Å²) >= 11 is 2.12. The van der Waals surface area contributed by atoms with E-state index in [2.05, 4.69) is 34.9 Å². The van der Waals surface area contributed by atoms with Gasteiger partial charge >= 0.3 is 0 Å². The topological polar surface area (TPSA) is 47.3 Å². The van der Waals surface area contributed by atoms with Crippen molar-refractivity contribution in [3.8, 4) is 5.75 Å². The second kappa shape index (κ2) is 7.72. The third-order valence-corrected chi connectivity index (χ3v) is 4.06. The predicted molar refractivity (Wildman–Crippen MR) is 90.5 cm³/mol. The number of hydrogen-bond donors (Lipinski definition) is 2. The van der Waals surface area contributed by atoms with Gasteiger partial charge in [-0.2, -0.15) is 0 Å². The van der Waals surface area contributed by atoms with Crippen molar-refractivity contribution in [1.29, 1.82) is 0 Å². The minimum Gasteiger partial charge on any atom is -0.494 e. The summed E-state index contributed by atoms with van der Waals surface area (Å²) in [7, 11) is 0. The van der Waals surface area contributed by atoms with Crippen molar-refractivity contribution in [2.45, 2.75) is 19.4 Å². The molecule has 2 aromatic carbocycles. The Labute approximate surface area is 137 Å². The smallest absolute Gasteiger partial charge is 0.124 e. The number of ether oxygens (including phenoxy) is 1. The maximum Gasteiger partial charge on any atom is 0.124 e. The zero-order chi connectivity index (χ0) is 15.2. The molecule has 0 aliphatic carbocycles. The lowest BCUT2D eigenvalue weighted by molar-refractivity contribution is 0.317. The summed E-state index contributed by atoms with van der Waals surface area (Å²) in [5, 5.41) is 0. The number of hydrazine groups is 1. The van der Waals surface area contributed by atoms with Gasteiger partial charge in [-0.25, -0.2) is 9.82 Å². The summed E-state index contributed by atoms with van der Waals surface area (Å²) in [5.41, 5.74) is 4.74. The lowest BCUT2D eigenvalue weighted by atomic mass is 9.99. The summed E-state index contributed by atoms with van der Waals surface area (Å²) in [6.07, 6.45) is 0.975. The van der Waals surface area contributed by atoms with E-state index < -0.39 is 0 Å². The number of halogens is 2. The fourth-order valence-electron chi connectivity index (χ4n) is 2.08. The Morgan fingerprint density at radius 2 is 1.95 bits per heavy atom. The van der Waals surface area contributed by atoms with E-state index in [0.717, 1.165) is 26.9 Å². The van der Waals surface area contributed by atoms with E-state index in [1.807, 2.05) is 24.3 Å². The van der Waals surface area contributed by atoms with Gasteiger partial charge in [-0.15, -0.1) is 0 Å². The molecule has 2 rings (SSSR count). The molecule has 0 radical (unpaired) electrons. The molecule has 112 valence electrons. The summed E-state index contributed by atoms with van der Waals surface area (Å²) in [6.45, 7) is 2.77. The Kier molecular flexibility index (Phi) is 5.96. The van der Waals surface area contributed by atoms with E-state index in [1.54, 1.807) is 6.07 Å². The standard InChI is InChI=1S/C16H18FIN2O/c1-2-9-21-13-6-3-11(4-7-13)16(20-19)14-8-5-12(17)10-15(14)18/h3-8,10,16,20H,2,9,19H2,1H3. The highest BCUT2D eigenvalue weighted by Gasteiger charge is 2.15. The Morgan fingerprint density at radius 3 is 2.52 bits per heavy atom. The highest BCUT2D eigenvalue weighted by atomic mass is 127. The molecule has 5 heteroatoms. The fraction of sp³-hybridized carbons (Fsp3) is 0.250. The molecule has 0 heterocycles. The van der Waals surface area contributed by atoms with Gasteiger partial charge in [0, 0.05) is 3.57 Å². The molecule has 0 bridgehead atoms. The molecule has 0 amide bonds. The van der Waals surface area contributed by atoms with E-state index in [9.17, 15) is 4.39 Å². The van der Waals surface area contributed by atoms with E-state index in [1.165, 1.54) is 12.1 Å². The van der Waals surface area contributed by atoms with Crippen molar-refractivity contribution >= 4 is 22.6 Å². The van der Waals surface area contributed by atoms with Crippen LogP contribution in [-0.2, 0) is 0 Å². The van der Waals surface area contributed by atoms with Gasteiger partial charge in [-0.05, 0) is 64.4 Å². The molecule has 0 fully saturated rings. The molecule has 0 spiro atoms. The second-order valence-electron chi connectivity index (χ2n) is 4.68. The van der Waals surface area contributed by atoms with Gasteiger partial charge in [-0.3, -0.25) is 5.84 Å². The van der Waals surface area contributed by atoms with Gasteiger partial charge in [0.25, 0.3) is 0 Å². The van der Waals surface area contributed by atoms with Crippen LogP contribution in [0.25, 0.3) is 0 Å². The molecule has 0 aliphatic rings. The summed E-state index contributed by atoms with van der Waals surface area (Å²) in [6, 6.07) is 12.3. The normalized spacial score (nSPS) is 12.2. The van der Waals surface area contributed by atoms with E-state index in [-0.39, 0.29) is 11.9 Å². The number of benzene rings is 2. The van der Waals surface area contributed by atoms with Gasteiger partial charge in [0.1, 0.15) is 11.6 Å². The van der Waals surface area contributed by atoms with Crippen molar-refractivity contribution in [3.05, 3.63) is 63.0 Å². The fourth-order valence-corrected chi connectivity index (χ4v) is 2.87. The maximum absolute atomic E-state index is 13.2. The van der Waals surface area contributed by atoms with Crippen molar-refractivity contribution < 1.29 is 9.13 Å². The third-order valence-electron chi connectivity index (χ3n) is 3.13. The highest BCUT2D eigenvalue weighted by Crippen LogP contribution is 2.27. The first kappa shape index (κ1) is 16.2. The lowest BCUT2D eigenvalue weighted by Crippen LogP contribution is -2.29. The van der Waals surface area contributed by atoms with Crippen LogP contribution in [0.4, 0.5) is 4.39 Å². The molecule has 21 heavy (non-hydrogen) atoms. The minimum absolute atomic E-state index is 0.183. The average Bonchev–Trinajstić information content (AvgIpc) is 2.49. The van der Waals surface area contributed by atoms with Crippen molar-refractivity contribution in [1.82, 2.24) is 5.43 Å². The van der Waals surface area contributed by atoms with Crippen LogP contribution in [0.1, 0.15) is 30.5 Å². The van der Waals surface area contributed by atoms with Crippen LogP contribution < -0.4 is 16.0 Å². The Hall–Kier alpha value is -1.18. The predicted octanol–water partition coefficient (Wildman–Crippen LogP) is 3.77. The first-order valence-corrected chi connectivity index (χ1v) is 7.87. The molecule has 0 aromatic heterocycles. The molecule has 2 aromatic rings. The largest absolute Gasteiger partial charge is 0.494 e. The molecule has 3 N–H and O–H groups in total. The second-order valence-corrected chi connectivity index (χ2v) is 5.85. The summed E-state index contributed by atoms with van der Waals surface area (Å²) in [5.74, 6) is 6.27. The van der Waals surface area contributed by atoms with Crippen LogP contribution in [0.2, 0.25) is 0 Å². The van der Waals surface area contributed by atoms with Crippen molar-refractivity contribution in [3.63, 3.8) is 0 Å². The molecule has 0 saturated heterocycles. The highest BCUT2D eigenvalue weighted by molar-refractivity contribution is 14.1. The van der Waals surface area contributed by atoms with Crippen LogP contribution in [0, 0.1) is 9.39 Å². The zero-order valence-corrected chi connectivity index (χ0v) is 13.9. The van der Waals surface area contributed by atoms with Gasteiger partial charge in [0.05, 0.1) is 12.6 Å². The number of hydrogen-bond acceptors (Lipinski definition) is 3. The molecule has 0 aliphatic heterocycles. The van der Waals surface area contributed by atoms with Crippen LogP contribution >= 0.6 is 22.6 Å². The lowest BCUT2D eigenvalue weighted by Gasteiger charge is -2.19. The van der Waals surface area contributed by atoms with Crippen molar-refractivity contribution in [2.24, 2.45) is 5.84 Å². The van der Waals surface area contributed by atoms with Crippen LogP contribution in [0.5, 0.6) is 5.75 Å². The Morgan fingerprint density at radius 1 is 1.24 bits per heavy atom. The van der Waals surface area contributed by atoms with E-state index in [4.69, 9.17) is 10.6 Å². The molecule has 1 atom stereocenters. The van der Waals surface area contributed by atoms with Gasteiger partial charge < -0.3 is 4.74 Å². The summed E-state index contributed by atoms with van der Waals surface area (Å²) < 4.78 is 19.6.